The van der Waals surface area contributed by atoms with Gasteiger partial charge in [-0.15, -0.1) is 0 Å². The van der Waals surface area contributed by atoms with Crippen molar-refractivity contribution >= 4 is 10.1 Å². The van der Waals surface area contributed by atoms with Gasteiger partial charge in [-0.25, -0.2) is 4.39 Å². The van der Waals surface area contributed by atoms with Crippen LogP contribution < -0.4 is 4.18 Å². The van der Waals surface area contributed by atoms with E-state index in [-0.39, 0.29) is 11.5 Å². The van der Waals surface area contributed by atoms with Gasteiger partial charge in [-0.2, -0.15) is 8.42 Å². The van der Waals surface area contributed by atoms with Crippen molar-refractivity contribution in [2.45, 2.75) is 6.42 Å². The fraction of sp³-hybridized carbons (Fsp3) is 0.143. The zero-order valence-corrected chi connectivity index (χ0v) is 10.9. The van der Waals surface area contributed by atoms with Crippen LogP contribution in [-0.2, 0) is 16.5 Å². The number of aryl methyl sites for hydroxylation is 1. The zero-order chi connectivity index (χ0) is 13.7. The minimum Gasteiger partial charge on any atom is -0.379 e. The summed E-state index contributed by atoms with van der Waals surface area (Å²) in [5.74, 6) is -1.15. The van der Waals surface area contributed by atoms with Crippen LogP contribution in [0, 0.1) is 5.82 Å². The van der Waals surface area contributed by atoms with Crippen LogP contribution in [0.3, 0.4) is 0 Å². The topological polar surface area (TPSA) is 43.4 Å². The number of rotatable bonds is 5. The van der Waals surface area contributed by atoms with Gasteiger partial charge in [0.15, 0.2) is 11.6 Å². The predicted molar refractivity (Wildman–Crippen MR) is 71.0 cm³/mol. The summed E-state index contributed by atoms with van der Waals surface area (Å²) in [6.45, 7) is 0. The molecule has 0 heterocycles. The maximum Gasteiger partial charge on any atom is 0.309 e. The highest BCUT2D eigenvalue weighted by atomic mass is 32.2. The first-order valence-corrected chi connectivity index (χ1v) is 7.35. The number of hydrogen-bond acceptors (Lipinski definition) is 3. The second-order valence-corrected chi connectivity index (χ2v) is 5.70. The molecule has 2 aromatic rings. The lowest BCUT2D eigenvalue weighted by atomic mass is 10.2. The van der Waals surface area contributed by atoms with E-state index in [1.54, 1.807) is 0 Å². The van der Waals surface area contributed by atoms with Gasteiger partial charge in [0, 0.05) is 0 Å². The molecule has 0 aliphatic carbocycles. The van der Waals surface area contributed by atoms with E-state index in [9.17, 15) is 12.8 Å². The number of para-hydroxylation sites is 1. The van der Waals surface area contributed by atoms with Crippen LogP contribution in [0.1, 0.15) is 5.56 Å². The molecule has 2 rings (SSSR count). The van der Waals surface area contributed by atoms with Crippen LogP contribution >= 0.6 is 0 Å². The van der Waals surface area contributed by atoms with Crippen LogP contribution in [0.2, 0.25) is 0 Å². The second kappa shape index (κ2) is 5.84. The van der Waals surface area contributed by atoms with Crippen molar-refractivity contribution < 1.29 is 17.0 Å². The molecule has 0 saturated carbocycles. The molecule has 0 aliphatic heterocycles. The smallest absolute Gasteiger partial charge is 0.309 e. The van der Waals surface area contributed by atoms with Crippen molar-refractivity contribution in [1.29, 1.82) is 0 Å². The molecule has 100 valence electrons. The summed E-state index contributed by atoms with van der Waals surface area (Å²) < 4.78 is 41.5. The molecular weight excluding hydrogens is 267 g/mol. The van der Waals surface area contributed by atoms with Gasteiger partial charge in [-0.05, 0) is 24.1 Å². The predicted octanol–water partition coefficient (Wildman–Crippen LogP) is 2.78. The van der Waals surface area contributed by atoms with Gasteiger partial charge >= 0.3 is 10.1 Å². The van der Waals surface area contributed by atoms with Gasteiger partial charge in [0.1, 0.15) is 0 Å². The molecule has 0 unspecified atom stereocenters. The average molecular weight is 280 g/mol. The Balaban J connectivity index is 2.02. The maximum atomic E-state index is 13.3. The Bertz CT molecular complexity index is 639. The van der Waals surface area contributed by atoms with E-state index in [1.807, 2.05) is 30.3 Å². The van der Waals surface area contributed by atoms with Crippen molar-refractivity contribution in [3.63, 3.8) is 0 Å². The van der Waals surface area contributed by atoms with Crippen LogP contribution in [0.4, 0.5) is 4.39 Å². The summed E-state index contributed by atoms with van der Waals surface area (Å²) in [4.78, 5) is 0. The van der Waals surface area contributed by atoms with E-state index in [1.165, 1.54) is 18.2 Å². The van der Waals surface area contributed by atoms with Crippen LogP contribution in [0.5, 0.6) is 5.75 Å². The van der Waals surface area contributed by atoms with Gasteiger partial charge in [0.2, 0.25) is 0 Å². The van der Waals surface area contributed by atoms with Crippen molar-refractivity contribution in [1.82, 2.24) is 0 Å². The van der Waals surface area contributed by atoms with Crippen LogP contribution in [-0.4, -0.2) is 14.2 Å². The third-order valence-electron chi connectivity index (χ3n) is 2.54. The molecule has 0 fully saturated rings. The SMILES string of the molecule is O=S(=O)(CCc1ccccc1)Oc1ccccc1F. The standard InChI is InChI=1S/C14H13FO3S/c15-13-8-4-5-9-14(13)18-19(16,17)11-10-12-6-2-1-3-7-12/h1-9H,10-11H2. The van der Waals surface area contributed by atoms with E-state index < -0.39 is 15.9 Å². The Morgan fingerprint density at radius 3 is 2.26 bits per heavy atom. The minimum absolute atomic E-state index is 0.189. The number of halogens is 1. The first-order valence-electron chi connectivity index (χ1n) is 5.77. The molecular formula is C14H13FO3S. The fourth-order valence-electron chi connectivity index (χ4n) is 1.58. The Morgan fingerprint density at radius 2 is 1.58 bits per heavy atom. The molecule has 0 radical (unpaired) electrons. The molecule has 19 heavy (non-hydrogen) atoms. The molecule has 0 amide bonds. The molecule has 0 spiro atoms. The quantitative estimate of drug-likeness (QED) is 0.791. The van der Waals surface area contributed by atoms with Gasteiger partial charge in [0.05, 0.1) is 5.75 Å². The van der Waals surface area contributed by atoms with E-state index in [0.717, 1.165) is 11.6 Å². The normalized spacial score (nSPS) is 11.2. The summed E-state index contributed by atoms with van der Waals surface area (Å²) in [6, 6.07) is 14.6. The van der Waals surface area contributed by atoms with Crippen molar-refractivity contribution in [2.24, 2.45) is 0 Å². The molecule has 2 aromatic carbocycles. The van der Waals surface area contributed by atoms with Gasteiger partial charge < -0.3 is 4.18 Å². The van der Waals surface area contributed by atoms with Crippen LogP contribution in [0.25, 0.3) is 0 Å². The van der Waals surface area contributed by atoms with E-state index >= 15 is 0 Å². The first-order chi connectivity index (χ1) is 9.07. The van der Waals surface area contributed by atoms with Gasteiger partial charge in [0.25, 0.3) is 0 Å². The minimum atomic E-state index is -3.80. The van der Waals surface area contributed by atoms with Crippen molar-refractivity contribution in [2.75, 3.05) is 5.75 Å². The highest BCUT2D eigenvalue weighted by Crippen LogP contribution is 2.18. The maximum absolute atomic E-state index is 13.3. The summed E-state index contributed by atoms with van der Waals surface area (Å²) in [6.07, 6.45) is 0.331. The lowest BCUT2D eigenvalue weighted by Gasteiger charge is -2.07. The Kier molecular flexibility index (Phi) is 4.16. The zero-order valence-electron chi connectivity index (χ0n) is 10.1. The molecule has 0 aromatic heterocycles. The highest BCUT2D eigenvalue weighted by molar-refractivity contribution is 7.87. The third kappa shape index (κ3) is 4.06. The Morgan fingerprint density at radius 1 is 0.947 bits per heavy atom. The Labute approximate surface area is 111 Å². The molecule has 0 saturated heterocycles. The van der Waals surface area contributed by atoms with E-state index in [2.05, 4.69) is 0 Å². The second-order valence-electron chi connectivity index (χ2n) is 4.01. The monoisotopic (exact) mass is 280 g/mol. The summed E-state index contributed by atoms with van der Waals surface area (Å²) in [5, 5.41) is 0. The van der Waals surface area contributed by atoms with E-state index in [4.69, 9.17) is 4.18 Å². The molecule has 0 atom stereocenters. The third-order valence-corrected chi connectivity index (χ3v) is 3.67. The first kappa shape index (κ1) is 13.5. The largest absolute Gasteiger partial charge is 0.379 e. The lowest BCUT2D eigenvalue weighted by molar-refractivity contribution is 0.461. The molecule has 3 nitrogen and oxygen atoms in total. The average Bonchev–Trinajstić information content (AvgIpc) is 2.40. The molecule has 0 N–H and O–H groups in total. The van der Waals surface area contributed by atoms with Gasteiger partial charge in [-0.1, -0.05) is 42.5 Å². The van der Waals surface area contributed by atoms with Gasteiger partial charge in [-0.3, -0.25) is 0 Å². The summed E-state index contributed by atoms with van der Waals surface area (Å²) in [7, 11) is -3.80. The number of hydrogen-bond donors (Lipinski definition) is 0. The fourth-order valence-corrected chi connectivity index (χ4v) is 2.56. The van der Waals surface area contributed by atoms with Crippen molar-refractivity contribution in [3.05, 3.63) is 66.0 Å². The summed E-state index contributed by atoms with van der Waals surface area (Å²) >= 11 is 0. The van der Waals surface area contributed by atoms with Crippen molar-refractivity contribution in [3.8, 4) is 5.75 Å². The summed E-state index contributed by atoms with van der Waals surface area (Å²) in [5.41, 5.74) is 0.892. The van der Waals surface area contributed by atoms with E-state index in [0.29, 0.717) is 6.42 Å². The number of benzene rings is 2. The molecule has 0 bridgehead atoms. The Hall–Kier alpha value is -1.88. The molecule has 5 heteroatoms. The molecule has 0 aliphatic rings. The highest BCUT2D eigenvalue weighted by Gasteiger charge is 2.15. The lowest BCUT2D eigenvalue weighted by Crippen LogP contribution is -2.16. The van der Waals surface area contributed by atoms with Crippen LogP contribution in [0.15, 0.2) is 54.6 Å².